The van der Waals surface area contributed by atoms with Crippen molar-refractivity contribution < 1.29 is 4.74 Å². The first-order chi connectivity index (χ1) is 6.88. The highest BCUT2D eigenvalue weighted by Gasteiger charge is 2.20. The smallest absolute Gasteiger partial charge is 0.232 e. The molecule has 2 rings (SSSR count). The molecule has 0 amide bonds. The predicted molar refractivity (Wildman–Crippen MR) is 49.6 cm³/mol. The molecule has 4 nitrogen and oxygen atoms in total. The van der Waals surface area contributed by atoms with Crippen molar-refractivity contribution in [2.45, 2.75) is 19.3 Å². The third-order valence-electron chi connectivity index (χ3n) is 2.22. The minimum atomic E-state index is 0.319. The number of rotatable bonds is 4. The Balaban J connectivity index is 1.80. The molecule has 1 aromatic heterocycles. The van der Waals surface area contributed by atoms with Crippen LogP contribution in [0.4, 0.5) is 0 Å². The normalized spacial score (nSPS) is 14.8. The molecule has 0 unspecified atom stereocenters. The van der Waals surface area contributed by atoms with E-state index in [4.69, 9.17) is 10.00 Å². The number of aromatic nitrogens is 2. The van der Waals surface area contributed by atoms with Gasteiger partial charge in [0.1, 0.15) is 6.07 Å². The van der Waals surface area contributed by atoms with Crippen LogP contribution in [0.1, 0.15) is 25.0 Å². The van der Waals surface area contributed by atoms with Crippen LogP contribution in [0.25, 0.3) is 0 Å². The van der Waals surface area contributed by atoms with Crippen molar-refractivity contribution >= 4 is 0 Å². The molecular weight excluding hydrogens is 178 g/mol. The summed E-state index contributed by atoms with van der Waals surface area (Å²) in [6.45, 7) is 0.700. The molecule has 1 aromatic rings. The van der Waals surface area contributed by atoms with Crippen LogP contribution < -0.4 is 4.74 Å². The van der Waals surface area contributed by atoms with Gasteiger partial charge in [-0.3, -0.25) is 0 Å². The van der Waals surface area contributed by atoms with E-state index in [9.17, 15) is 0 Å². The molecular formula is C10H11N3O. The van der Waals surface area contributed by atoms with Crippen LogP contribution in [0.2, 0.25) is 0 Å². The zero-order chi connectivity index (χ0) is 9.80. The van der Waals surface area contributed by atoms with E-state index in [1.807, 2.05) is 6.07 Å². The summed E-state index contributed by atoms with van der Waals surface area (Å²) in [5.74, 6) is 1.37. The second-order valence-electron chi connectivity index (χ2n) is 3.43. The Morgan fingerprint density at radius 3 is 2.86 bits per heavy atom. The lowest BCUT2D eigenvalue weighted by molar-refractivity contribution is 0.290. The lowest BCUT2D eigenvalue weighted by Gasteiger charge is -2.02. The fraction of sp³-hybridized carbons (Fsp3) is 0.500. The molecule has 4 heteroatoms. The Hall–Kier alpha value is -1.63. The second kappa shape index (κ2) is 4.05. The number of hydrogen-bond donors (Lipinski definition) is 0. The third-order valence-corrected chi connectivity index (χ3v) is 2.22. The molecule has 1 aliphatic carbocycles. The molecule has 1 heterocycles. The first-order valence-corrected chi connectivity index (χ1v) is 4.73. The van der Waals surface area contributed by atoms with Crippen molar-refractivity contribution in [2.75, 3.05) is 6.61 Å². The molecule has 0 bridgehead atoms. The Kier molecular flexibility index (Phi) is 2.59. The largest absolute Gasteiger partial charge is 0.477 e. The third kappa shape index (κ3) is 2.43. The molecule has 0 aromatic carbocycles. The molecule has 0 radical (unpaired) electrons. The van der Waals surface area contributed by atoms with E-state index >= 15 is 0 Å². The minimum absolute atomic E-state index is 0.319. The van der Waals surface area contributed by atoms with Gasteiger partial charge in [0.05, 0.1) is 19.0 Å². The van der Waals surface area contributed by atoms with Crippen molar-refractivity contribution in [3.05, 3.63) is 18.1 Å². The highest BCUT2D eigenvalue weighted by atomic mass is 16.5. The van der Waals surface area contributed by atoms with E-state index < -0.39 is 0 Å². The molecule has 0 aliphatic heterocycles. The van der Waals surface area contributed by atoms with Crippen molar-refractivity contribution in [1.82, 2.24) is 9.97 Å². The molecule has 72 valence electrons. The maximum Gasteiger partial charge on any atom is 0.232 e. The zero-order valence-corrected chi connectivity index (χ0v) is 7.81. The van der Waals surface area contributed by atoms with E-state index in [-0.39, 0.29) is 0 Å². The van der Waals surface area contributed by atoms with Crippen molar-refractivity contribution in [3.63, 3.8) is 0 Å². The van der Waals surface area contributed by atoms with Gasteiger partial charge in [-0.25, -0.2) is 9.97 Å². The lowest BCUT2D eigenvalue weighted by Crippen LogP contribution is -2.00. The Bertz CT molecular complexity index is 337. The van der Waals surface area contributed by atoms with Gasteiger partial charge in [-0.15, -0.1) is 0 Å². The van der Waals surface area contributed by atoms with Gasteiger partial charge in [-0.1, -0.05) is 12.8 Å². The summed E-state index contributed by atoms with van der Waals surface area (Å²) in [5, 5.41) is 8.49. The van der Waals surface area contributed by atoms with Crippen LogP contribution >= 0.6 is 0 Å². The highest BCUT2D eigenvalue weighted by Crippen LogP contribution is 2.32. The maximum absolute atomic E-state index is 8.49. The van der Waals surface area contributed by atoms with Gasteiger partial charge in [-0.05, 0) is 12.3 Å². The van der Waals surface area contributed by atoms with Crippen LogP contribution in [0.5, 0.6) is 5.88 Å². The first-order valence-electron chi connectivity index (χ1n) is 4.73. The Labute approximate surface area is 82.6 Å². The Morgan fingerprint density at radius 1 is 1.43 bits per heavy atom. The molecule has 0 spiro atoms. The summed E-state index contributed by atoms with van der Waals surface area (Å²) in [7, 11) is 0. The average molecular weight is 189 g/mol. The summed E-state index contributed by atoms with van der Waals surface area (Å²) in [6, 6.07) is 1.91. The Morgan fingerprint density at radius 2 is 2.29 bits per heavy atom. The van der Waals surface area contributed by atoms with E-state index in [0.29, 0.717) is 18.2 Å². The van der Waals surface area contributed by atoms with Crippen LogP contribution in [0.3, 0.4) is 0 Å². The van der Waals surface area contributed by atoms with Crippen LogP contribution in [0.15, 0.2) is 12.4 Å². The standard InChI is InChI=1S/C10H11N3O/c11-5-9-6-13-10(7-12-9)14-4-3-8-1-2-8/h6-8H,1-4H2. The van der Waals surface area contributed by atoms with Gasteiger partial charge in [0, 0.05) is 0 Å². The van der Waals surface area contributed by atoms with Crippen molar-refractivity contribution in [2.24, 2.45) is 5.92 Å². The molecule has 1 saturated carbocycles. The summed E-state index contributed by atoms with van der Waals surface area (Å²) < 4.78 is 5.37. The monoisotopic (exact) mass is 189 g/mol. The number of ether oxygens (including phenoxy) is 1. The van der Waals surface area contributed by atoms with Gasteiger partial charge in [0.15, 0.2) is 5.69 Å². The van der Waals surface area contributed by atoms with Gasteiger partial charge in [0.25, 0.3) is 0 Å². The molecule has 0 saturated heterocycles. The predicted octanol–water partition coefficient (Wildman–Crippen LogP) is 1.53. The topological polar surface area (TPSA) is 58.8 Å². The quantitative estimate of drug-likeness (QED) is 0.720. The van der Waals surface area contributed by atoms with Crippen molar-refractivity contribution in [1.29, 1.82) is 5.26 Å². The molecule has 0 atom stereocenters. The van der Waals surface area contributed by atoms with Crippen LogP contribution in [-0.4, -0.2) is 16.6 Å². The lowest BCUT2D eigenvalue weighted by atomic mass is 10.3. The molecule has 1 fully saturated rings. The van der Waals surface area contributed by atoms with E-state index in [2.05, 4.69) is 9.97 Å². The van der Waals surface area contributed by atoms with E-state index in [1.165, 1.54) is 25.2 Å². The van der Waals surface area contributed by atoms with Gasteiger partial charge < -0.3 is 4.74 Å². The summed E-state index contributed by atoms with van der Waals surface area (Å²) in [5.41, 5.74) is 0.319. The second-order valence-corrected chi connectivity index (χ2v) is 3.43. The highest BCUT2D eigenvalue weighted by molar-refractivity contribution is 5.18. The number of nitriles is 1. The fourth-order valence-corrected chi connectivity index (χ4v) is 1.19. The van der Waals surface area contributed by atoms with Gasteiger partial charge >= 0.3 is 0 Å². The average Bonchev–Trinajstić information content (AvgIpc) is 3.03. The number of hydrogen-bond acceptors (Lipinski definition) is 4. The SMILES string of the molecule is N#Cc1cnc(OCCC2CC2)cn1. The first kappa shape index (κ1) is 8.95. The maximum atomic E-state index is 8.49. The summed E-state index contributed by atoms with van der Waals surface area (Å²) >= 11 is 0. The van der Waals surface area contributed by atoms with Gasteiger partial charge in [0.2, 0.25) is 5.88 Å². The van der Waals surface area contributed by atoms with E-state index in [0.717, 1.165) is 12.3 Å². The van der Waals surface area contributed by atoms with Gasteiger partial charge in [-0.2, -0.15) is 5.26 Å². The fourth-order valence-electron chi connectivity index (χ4n) is 1.19. The zero-order valence-electron chi connectivity index (χ0n) is 7.81. The summed E-state index contributed by atoms with van der Waals surface area (Å²) in [6.07, 6.45) is 6.68. The molecule has 14 heavy (non-hydrogen) atoms. The minimum Gasteiger partial charge on any atom is -0.477 e. The molecule has 1 aliphatic rings. The summed E-state index contributed by atoms with van der Waals surface area (Å²) in [4.78, 5) is 7.82. The molecule has 0 N–H and O–H groups in total. The van der Waals surface area contributed by atoms with Crippen LogP contribution in [-0.2, 0) is 0 Å². The van der Waals surface area contributed by atoms with E-state index in [1.54, 1.807) is 0 Å². The van der Waals surface area contributed by atoms with Crippen molar-refractivity contribution in [3.8, 4) is 11.9 Å². The number of nitrogens with zero attached hydrogens (tertiary/aromatic N) is 3. The van der Waals surface area contributed by atoms with Crippen LogP contribution in [0, 0.1) is 17.2 Å².